The molecule has 0 unspecified atom stereocenters. The number of aromatic hydroxyl groups is 1. The number of ether oxygens (including phenoxy) is 1. The molecule has 5 heteroatoms. The number of phenols is 1. The van der Waals surface area contributed by atoms with Crippen LogP contribution in [-0.4, -0.2) is 36.1 Å². The second-order valence-corrected chi connectivity index (χ2v) is 4.32. The third-order valence-corrected chi connectivity index (χ3v) is 2.90. The summed E-state index contributed by atoms with van der Waals surface area (Å²) in [5.74, 6) is -2.14. The highest BCUT2D eigenvalue weighted by atomic mass is 19.3. The van der Waals surface area contributed by atoms with Gasteiger partial charge in [0.05, 0.1) is 13.7 Å². The number of hydrogen-bond acceptors (Lipinski definition) is 3. The lowest BCUT2D eigenvalue weighted by Gasteiger charge is -2.16. The zero-order valence-electron chi connectivity index (χ0n) is 9.62. The monoisotopic (exact) mass is 243 g/mol. The molecule has 3 nitrogen and oxygen atoms in total. The minimum Gasteiger partial charge on any atom is -0.504 e. The van der Waals surface area contributed by atoms with Crippen molar-refractivity contribution in [1.82, 2.24) is 4.90 Å². The maximum atomic E-state index is 13.0. The van der Waals surface area contributed by atoms with Crippen LogP contribution in [0.25, 0.3) is 0 Å². The molecule has 0 atom stereocenters. The Balaban J connectivity index is 2.04. The highest BCUT2D eigenvalue weighted by Crippen LogP contribution is 2.30. The highest BCUT2D eigenvalue weighted by Gasteiger charge is 2.37. The molecule has 2 rings (SSSR count). The van der Waals surface area contributed by atoms with Gasteiger partial charge in [-0.05, 0) is 17.7 Å². The van der Waals surface area contributed by atoms with Crippen LogP contribution < -0.4 is 4.74 Å². The number of hydrogen-bond donors (Lipinski definition) is 1. The lowest BCUT2D eigenvalue weighted by molar-refractivity contribution is 0.0115. The zero-order valence-corrected chi connectivity index (χ0v) is 9.62. The van der Waals surface area contributed by atoms with E-state index in [9.17, 15) is 13.9 Å². The maximum absolute atomic E-state index is 13.0. The highest BCUT2D eigenvalue weighted by molar-refractivity contribution is 5.41. The summed E-state index contributed by atoms with van der Waals surface area (Å²) < 4.78 is 31.0. The van der Waals surface area contributed by atoms with Gasteiger partial charge in [0, 0.05) is 19.5 Å². The van der Waals surface area contributed by atoms with Crippen LogP contribution in [0.1, 0.15) is 12.0 Å². The molecule has 1 aromatic rings. The molecule has 1 aromatic carbocycles. The van der Waals surface area contributed by atoms with Crippen molar-refractivity contribution in [1.29, 1.82) is 0 Å². The molecule has 0 saturated carbocycles. The Hall–Kier alpha value is -1.36. The number of phenolic OH excluding ortho intramolecular Hbond substituents is 1. The molecule has 1 heterocycles. The first-order valence-corrected chi connectivity index (χ1v) is 5.46. The Morgan fingerprint density at radius 1 is 1.47 bits per heavy atom. The Morgan fingerprint density at radius 3 is 2.82 bits per heavy atom. The van der Waals surface area contributed by atoms with Crippen molar-refractivity contribution in [3.05, 3.63) is 23.8 Å². The normalized spacial score (nSPS) is 19.5. The minimum absolute atomic E-state index is 0.0583. The summed E-state index contributed by atoms with van der Waals surface area (Å²) in [7, 11) is 1.46. The smallest absolute Gasteiger partial charge is 0.261 e. The molecule has 1 aliphatic rings. The van der Waals surface area contributed by atoms with E-state index in [-0.39, 0.29) is 18.7 Å². The average Bonchev–Trinajstić information content (AvgIpc) is 2.61. The van der Waals surface area contributed by atoms with Crippen LogP contribution >= 0.6 is 0 Å². The summed E-state index contributed by atoms with van der Waals surface area (Å²) in [6.45, 7) is 0.651. The van der Waals surface area contributed by atoms with Gasteiger partial charge in [0.25, 0.3) is 5.92 Å². The van der Waals surface area contributed by atoms with Gasteiger partial charge in [-0.3, -0.25) is 4.90 Å². The molecule has 1 N–H and O–H groups in total. The number of alkyl halides is 2. The Labute approximate surface area is 98.6 Å². The van der Waals surface area contributed by atoms with Crippen molar-refractivity contribution >= 4 is 0 Å². The average molecular weight is 243 g/mol. The van der Waals surface area contributed by atoms with E-state index in [0.29, 0.717) is 18.8 Å². The van der Waals surface area contributed by atoms with Crippen LogP contribution in [0.4, 0.5) is 8.78 Å². The molecular weight excluding hydrogens is 228 g/mol. The van der Waals surface area contributed by atoms with E-state index >= 15 is 0 Å². The van der Waals surface area contributed by atoms with Crippen LogP contribution in [0.5, 0.6) is 11.5 Å². The van der Waals surface area contributed by atoms with E-state index in [0.717, 1.165) is 5.56 Å². The molecule has 0 bridgehead atoms. The first-order valence-electron chi connectivity index (χ1n) is 5.46. The topological polar surface area (TPSA) is 32.7 Å². The molecule has 94 valence electrons. The van der Waals surface area contributed by atoms with Gasteiger partial charge in [0.1, 0.15) is 0 Å². The van der Waals surface area contributed by atoms with E-state index in [4.69, 9.17) is 4.74 Å². The summed E-state index contributed by atoms with van der Waals surface area (Å²) >= 11 is 0. The van der Waals surface area contributed by atoms with Gasteiger partial charge in [-0.25, -0.2) is 8.78 Å². The number of methoxy groups -OCH3 is 1. The third kappa shape index (κ3) is 2.85. The maximum Gasteiger partial charge on any atom is 0.261 e. The van der Waals surface area contributed by atoms with Crippen LogP contribution in [-0.2, 0) is 6.54 Å². The van der Waals surface area contributed by atoms with Gasteiger partial charge in [-0.15, -0.1) is 0 Å². The van der Waals surface area contributed by atoms with Crippen molar-refractivity contribution in [3.63, 3.8) is 0 Å². The molecule has 1 aliphatic heterocycles. The van der Waals surface area contributed by atoms with E-state index in [1.807, 2.05) is 0 Å². The summed E-state index contributed by atoms with van der Waals surface area (Å²) in [5, 5.41) is 9.42. The van der Waals surface area contributed by atoms with E-state index in [1.165, 1.54) is 13.2 Å². The van der Waals surface area contributed by atoms with E-state index in [2.05, 4.69) is 0 Å². The Bertz CT molecular complexity index is 409. The Morgan fingerprint density at radius 2 is 2.24 bits per heavy atom. The summed E-state index contributed by atoms with van der Waals surface area (Å²) in [6, 6.07) is 4.91. The van der Waals surface area contributed by atoms with Crippen molar-refractivity contribution < 1.29 is 18.6 Å². The van der Waals surface area contributed by atoms with Crippen molar-refractivity contribution in [2.45, 2.75) is 18.9 Å². The summed E-state index contributed by atoms with van der Waals surface area (Å²) in [4.78, 5) is 1.70. The molecule has 0 aliphatic carbocycles. The summed E-state index contributed by atoms with van der Waals surface area (Å²) in [5.41, 5.74) is 0.859. The van der Waals surface area contributed by atoms with Gasteiger partial charge in [0.2, 0.25) is 0 Å². The first kappa shape index (κ1) is 12.1. The second-order valence-electron chi connectivity index (χ2n) is 4.32. The van der Waals surface area contributed by atoms with Crippen LogP contribution in [0, 0.1) is 0 Å². The molecule has 0 spiro atoms. The predicted molar refractivity (Wildman–Crippen MR) is 59.5 cm³/mol. The van der Waals surface area contributed by atoms with Crippen molar-refractivity contribution in [2.24, 2.45) is 0 Å². The van der Waals surface area contributed by atoms with Gasteiger partial charge in [0.15, 0.2) is 11.5 Å². The molecule has 0 amide bonds. The van der Waals surface area contributed by atoms with Crippen molar-refractivity contribution in [3.8, 4) is 11.5 Å². The summed E-state index contributed by atoms with van der Waals surface area (Å²) in [6.07, 6.45) is -0.0811. The number of nitrogens with zero attached hydrogens (tertiary/aromatic N) is 1. The quantitative estimate of drug-likeness (QED) is 0.883. The lowest BCUT2D eigenvalue weighted by Crippen LogP contribution is -2.24. The molecule has 0 aromatic heterocycles. The first-order chi connectivity index (χ1) is 8.00. The minimum atomic E-state index is -2.57. The fourth-order valence-electron chi connectivity index (χ4n) is 2.02. The lowest BCUT2D eigenvalue weighted by atomic mass is 10.2. The molecule has 1 fully saturated rings. The molecule has 1 saturated heterocycles. The fourth-order valence-corrected chi connectivity index (χ4v) is 2.02. The Kier molecular flexibility index (Phi) is 3.19. The SMILES string of the molecule is COc1cc(CN2CCC(F)(F)C2)ccc1O. The van der Waals surface area contributed by atoms with Crippen molar-refractivity contribution in [2.75, 3.05) is 20.2 Å². The van der Waals surface area contributed by atoms with E-state index < -0.39 is 5.92 Å². The predicted octanol–water partition coefficient (Wildman–Crippen LogP) is 2.24. The van der Waals surface area contributed by atoms with Crippen LogP contribution in [0.3, 0.4) is 0 Å². The third-order valence-electron chi connectivity index (χ3n) is 2.90. The number of halogens is 2. The van der Waals surface area contributed by atoms with Crippen LogP contribution in [0.15, 0.2) is 18.2 Å². The molecular formula is C12H15F2NO2. The van der Waals surface area contributed by atoms with Gasteiger partial charge < -0.3 is 9.84 Å². The standard InChI is InChI=1S/C12H15F2NO2/c1-17-11-6-9(2-3-10(11)16)7-15-5-4-12(13,14)8-15/h2-3,6,16H,4-5,7-8H2,1H3. The number of rotatable bonds is 3. The van der Waals surface area contributed by atoms with Crippen LogP contribution in [0.2, 0.25) is 0 Å². The van der Waals surface area contributed by atoms with Gasteiger partial charge in [-0.1, -0.05) is 6.07 Å². The zero-order chi connectivity index (χ0) is 12.5. The fraction of sp³-hybridized carbons (Fsp3) is 0.500. The number of likely N-dealkylation sites (tertiary alicyclic amines) is 1. The number of benzene rings is 1. The van der Waals surface area contributed by atoms with E-state index in [1.54, 1.807) is 17.0 Å². The second kappa shape index (κ2) is 4.49. The molecule has 0 radical (unpaired) electrons. The van der Waals surface area contributed by atoms with Gasteiger partial charge in [-0.2, -0.15) is 0 Å². The largest absolute Gasteiger partial charge is 0.504 e. The molecule has 17 heavy (non-hydrogen) atoms. The van der Waals surface area contributed by atoms with Gasteiger partial charge >= 0.3 is 0 Å².